The summed E-state index contributed by atoms with van der Waals surface area (Å²) in [7, 11) is 0. The first kappa shape index (κ1) is 12.4. The van der Waals surface area contributed by atoms with Gasteiger partial charge in [0.05, 0.1) is 11.7 Å². The SMILES string of the molecule is CC(C)(C)[C@H](N)C(=O)Nc1ncccc1N. The van der Waals surface area contributed by atoms with Crippen LogP contribution >= 0.6 is 0 Å². The van der Waals surface area contributed by atoms with E-state index in [0.29, 0.717) is 11.5 Å². The van der Waals surface area contributed by atoms with Crippen LogP contribution < -0.4 is 16.8 Å². The molecule has 1 heterocycles. The first-order chi connectivity index (χ1) is 7.32. The molecule has 0 aliphatic carbocycles. The van der Waals surface area contributed by atoms with Crippen molar-refractivity contribution in [3.63, 3.8) is 0 Å². The third-order valence-corrected chi connectivity index (χ3v) is 2.30. The minimum Gasteiger partial charge on any atom is -0.396 e. The molecular formula is C11H18N4O. The third-order valence-electron chi connectivity index (χ3n) is 2.30. The molecule has 0 aliphatic heterocycles. The Morgan fingerprint density at radius 2 is 2.12 bits per heavy atom. The number of hydrogen-bond donors (Lipinski definition) is 3. The summed E-state index contributed by atoms with van der Waals surface area (Å²) in [6, 6.07) is 2.77. The van der Waals surface area contributed by atoms with Gasteiger partial charge in [0.2, 0.25) is 5.91 Å². The van der Waals surface area contributed by atoms with Gasteiger partial charge >= 0.3 is 0 Å². The lowest BCUT2D eigenvalue weighted by Crippen LogP contribution is -2.45. The normalized spacial score (nSPS) is 13.2. The smallest absolute Gasteiger partial charge is 0.243 e. The molecule has 1 rings (SSSR count). The summed E-state index contributed by atoms with van der Waals surface area (Å²) in [5.74, 6) is 0.0742. The van der Waals surface area contributed by atoms with Crippen LogP contribution in [0.25, 0.3) is 0 Å². The van der Waals surface area contributed by atoms with Crippen LogP contribution in [0.5, 0.6) is 0 Å². The second-order valence-electron chi connectivity index (χ2n) is 4.77. The van der Waals surface area contributed by atoms with Crippen molar-refractivity contribution >= 4 is 17.4 Å². The van der Waals surface area contributed by atoms with Crippen LogP contribution in [-0.4, -0.2) is 16.9 Å². The van der Waals surface area contributed by atoms with E-state index in [9.17, 15) is 4.79 Å². The highest BCUT2D eigenvalue weighted by atomic mass is 16.2. The monoisotopic (exact) mass is 222 g/mol. The lowest BCUT2D eigenvalue weighted by molar-refractivity contribution is -0.119. The fourth-order valence-corrected chi connectivity index (χ4v) is 1.11. The highest BCUT2D eigenvalue weighted by Crippen LogP contribution is 2.20. The second kappa shape index (κ2) is 4.49. The summed E-state index contributed by atoms with van der Waals surface area (Å²) in [6.07, 6.45) is 1.56. The molecule has 0 bridgehead atoms. The third kappa shape index (κ3) is 2.93. The summed E-state index contributed by atoms with van der Waals surface area (Å²) >= 11 is 0. The van der Waals surface area contributed by atoms with Crippen molar-refractivity contribution in [1.82, 2.24) is 4.98 Å². The van der Waals surface area contributed by atoms with Crippen LogP contribution in [0.4, 0.5) is 11.5 Å². The molecule has 1 amide bonds. The molecule has 5 heteroatoms. The van der Waals surface area contributed by atoms with Crippen LogP contribution in [0.1, 0.15) is 20.8 Å². The quantitative estimate of drug-likeness (QED) is 0.695. The van der Waals surface area contributed by atoms with E-state index in [2.05, 4.69) is 10.3 Å². The van der Waals surface area contributed by atoms with Crippen LogP contribution in [0.3, 0.4) is 0 Å². The number of amides is 1. The summed E-state index contributed by atoms with van der Waals surface area (Å²) in [4.78, 5) is 15.7. The Morgan fingerprint density at radius 3 is 2.62 bits per heavy atom. The molecule has 16 heavy (non-hydrogen) atoms. The predicted molar refractivity (Wildman–Crippen MR) is 64.7 cm³/mol. The number of carbonyl (C=O) groups is 1. The number of nitrogen functional groups attached to an aromatic ring is 1. The minimum atomic E-state index is -0.603. The molecular weight excluding hydrogens is 204 g/mol. The highest BCUT2D eigenvalue weighted by molar-refractivity contribution is 5.96. The largest absolute Gasteiger partial charge is 0.396 e. The molecule has 0 aliphatic rings. The molecule has 0 saturated carbocycles. The zero-order valence-electron chi connectivity index (χ0n) is 9.82. The molecule has 5 N–H and O–H groups in total. The number of rotatable bonds is 2. The van der Waals surface area contributed by atoms with E-state index in [1.165, 1.54) is 0 Å². The summed E-state index contributed by atoms with van der Waals surface area (Å²) in [5.41, 5.74) is 11.6. The summed E-state index contributed by atoms with van der Waals surface area (Å²) in [6.45, 7) is 5.71. The maximum atomic E-state index is 11.8. The Hall–Kier alpha value is -1.62. The van der Waals surface area contributed by atoms with E-state index in [1.807, 2.05) is 20.8 Å². The highest BCUT2D eigenvalue weighted by Gasteiger charge is 2.27. The van der Waals surface area contributed by atoms with Gasteiger partial charge in [-0.25, -0.2) is 4.98 Å². The molecule has 0 radical (unpaired) electrons. The summed E-state index contributed by atoms with van der Waals surface area (Å²) in [5, 5.41) is 2.62. The molecule has 5 nitrogen and oxygen atoms in total. The van der Waals surface area contributed by atoms with E-state index >= 15 is 0 Å². The van der Waals surface area contributed by atoms with Crippen LogP contribution in [0.2, 0.25) is 0 Å². The molecule has 0 saturated heterocycles. The molecule has 0 unspecified atom stereocenters. The van der Waals surface area contributed by atoms with E-state index in [4.69, 9.17) is 11.5 Å². The molecule has 0 fully saturated rings. The van der Waals surface area contributed by atoms with Crippen LogP contribution in [-0.2, 0) is 4.79 Å². The van der Waals surface area contributed by atoms with Crippen molar-refractivity contribution in [1.29, 1.82) is 0 Å². The Kier molecular flexibility index (Phi) is 3.49. The van der Waals surface area contributed by atoms with Gasteiger partial charge in [-0.05, 0) is 17.5 Å². The number of nitrogens with two attached hydrogens (primary N) is 2. The maximum absolute atomic E-state index is 11.8. The van der Waals surface area contributed by atoms with Gasteiger partial charge in [-0.15, -0.1) is 0 Å². The number of anilines is 2. The molecule has 1 atom stereocenters. The number of aromatic nitrogens is 1. The van der Waals surface area contributed by atoms with Gasteiger partial charge in [-0.1, -0.05) is 20.8 Å². The topological polar surface area (TPSA) is 94.0 Å². The number of nitrogens with one attached hydrogen (secondary N) is 1. The van der Waals surface area contributed by atoms with Crippen molar-refractivity contribution in [2.75, 3.05) is 11.1 Å². The lowest BCUT2D eigenvalue weighted by atomic mass is 9.87. The first-order valence-corrected chi connectivity index (χ1v) is 5.09. The molecule has 1 aromatic heterocycles. The molecule has 0 aromatic carbocycles. The van der Waals surface area contributed by atoms with Gasteiger partial charge in [0, 0.05) is 6.20 Å². The second-order valence-corrected chi connectivity index (χ2v) is 4.77. The Morgan fingerprint density at radius 1 is 1.50 bits per heavy atom. The van der Waals surface area contributed by atoms with Gasteiger partial charge in [-0.2, -0.15) is 0 Å². The number of hydrogen-bond acceptors (Lipinski definition) is 4. The van der Waals surface area contributed by atoms with E-state index in [1.54, 1.807) is 18.3 Å². The van der Waals surface area contributed by atoms with Crippen molar-refractivity contribution in [2.24, 2.45) is 11.1 Å². The standard InChI is InChI=1S/C11H18N4O/c1-11(2,3)8(13)10(16)15-9-7(12)5-4-6-14-9/h4-6,8H,12-13H2,1-3H3,(H,14,15,16)/t8-/m1/s1. The molecule has 88 valence electrons. The predicted octanol–water partition coefficient (Wildman–Crippen LogP) is 0.976. The molecule has 0 spiro atoms. The number of nitrogens with zero attached hydrogens (tertiary/aromatic N) is 1. The summed E-state index contributed by atoms with van der Waals surface area (Å²) < 4.78 is 0. The fraction of sp³-hybridized carbons (Fsp3) is 0.455. The Bertz CT molecular complexity index is 384. The fourth-order valence-electron chi connectivity index (χ4n) is 1.11. The van der Waals surface area contributed by atoms with Gasteiger partial charge in [0.15, 0.2) is 5.82 Å². The van der Waals surface area contributed by atoms with Crippen molar-refractivity contribution in [2.45, 2.75) is 26.8 Å². The van der Waals surface area contributed by atoms with E-state index in [0.717, 1.165) is 0 Å². The Labute approximate surface area is 95.2 Å². The van der Waals surface area contributed by atoms with Gasteiger partial charge in [-0.3, -0.25) is 4.79 Å². The number of pyridine rings is 1. The number of carbonyl (C=O) groups excluding carboxylic acids is 1. The van der Waals surface area contributed by atoms with Crippen LogP contribution in [0, 0.1) is 5.41 Å². The van der Waals surface area contributed by atoms with Crippen molar-refractivity contribution < 1.29 is 4.79 Å². The zero-order chi connectivity index (χ0) is 12.3. The van der Waals surface area contributed by atoms with Crippen LogP contribution in [0.15, 0.2) is 18.3 Å². The minimum absolute atomic E-state index is 0.280. The first-order valence-electron chi connectivity index (χ1n) is 5.09. The average molecular weight is 222 g/mol. The van der Waals surface area contributed by atoms with Crippen molar-refractivity contribution in [3.05, 3.63) is 18.3 Å². The Balaban J connectivity index is 2.76. The van der Waals surface area contributed by atoms with E-state index in [-0.39, 0.29) is 11.3 Å². The van der Waals surface area contributed by atoms with Gasteiger partial charge in [0.1, 0.15) is 0 Å². The zero-order valence-corrected chi connectivity index (χ0v) is 9.82. The van der Waals surface area contributed by atoms with Gasteiger partial charge < -0.3 is 16.8 Å². The average Bonchev–Trinajstić information content (AvgIpc) is 2.19. The van der Waals surface area contributed by atoms with Gasteiger partial charge in [0.25, 0.3) is 0 Å². The molecule has 1 aromatic rings. The maximum Gasteiger partial charge on any atom is 0.243 e. The lowest BCUT2D eigenvalue weighted by Gasteiger charge is -2.25. The van der Waals surface area contributed by atoms with Crippen molar-refractivity contribution in [3.8, 4) is 0 Å². The van der Waals surface area contributed by atoms with E-state index < -0.39 is 6.04 Å².